The molecule has 6 rings (SSSR count). The molecular formula is C34H37ClN4O3+2. The average Bonchev–Trinajstić information content (AvgIpc) is 3.49. The quantitative estimate of drug-likeness (QED) is 0.269. The van der Waals surface area contributed by atoms with Crippen molar-refractivity contribution in [3.8, 4) is 0 Å². The summed E-state index contributed by atoms with van der Waals surface area (Å²) < 4.78 is 4.58. The molecule has 1 saturated heterocycles. The molecule has 2 bridgehead atoms. The van der Waals surface area contributed by atoms with Crippen molar-refractivity contribution >= 4 is 45.8 Å². The van der Waals surface area contributed by atoms with Crippen molar-refractivity contribution < 1.29 is 23.8 Å². The molecule has 1 aliphatic carbocycles. The van der Waals surface area contributed by atoms with E-state index in [-0.39, 0.29) is 17.9 Å². The smallest absolute Gasteiger partial charge is 0.303 e. The summed E-state index contributed by atoms with van der Waals surface area (Å²) in [6, 6.07) is 16.3. The number of carbonyl (C=O) groups is 2. The van der Waals surface area contributed by atoms with Gasteiger partial charge in [0.1, 0.15) is 30.3 Å². The molecule has 0 radical (unpaired) electrons. The van der Waals surface area contributed by atoms with Gasteiger partial charge >= 0.3 is 5.97 Å². The molecule has 1 N–H and O–H groups in total. The lowest BCUT2D eigenvalue weighted by molar-refractivity contribution is -0.653. The Morgan fingerprint density at radius 1 is 1.10 bits per heavy atom. The monoisotopic (exact) mass is 584 g/mol. The molecule has 1 unspecified atom stereocenters. The van der Waals surface area contributed by atoms with Crippen molar-refractivity contribution in [2.45, 2.75) is 64.0 Å². The Kier molecular flexibility index (Phi) is 7.71. The van der Waals surface area contributed by atoms with Crippen LogP contribution in [0.2, 0.25) is 0 Å². The van der Waals surface area contributed by atoms with E-state index in [9.17, 15) is 9.59 Å². The van der Waals surface area contributed by atoms with Gasteiger partial charge in [-0.3, -0.25) is 9.59 Å². The number of hydrogen-bond acceptors (Lipinski definition) is 3. The van der Waals surface area contributed by atoms with E-state index in [1.807, 2.05) is 48.4 Å². The van der Waals surface area contributed by atoms with Gasteiger partial charge < -0.3 is 10.0 Å². The van der Waals surface area contributed by atoms with Crippen LogP contribution in [0.25, 0.3) is 16.6 Å². The lowest BCUT2D eigenvalue weighted by Gasteiger charge is -2.32. The first-order valence-electron chi connectivity index (χ1n) is 14.8. The molecule has 1 fully saturated rings. The molecule has 1 aromatic heterocycles. The van der Waals surface area contributed by atoms with Gasteiger partial charge in [0.05, 0.1) is 6.42 Å². The summed E-state index contributed by atoms with van der Waals surface area (Å²) in [5.74, 6) is -0.726. The van der Waals surface area contributed by atoms with E-state index in [1.165, 1.54) is 11.3 Å². The standard InChI is InChI=1S/C34H36ClN4O3/c1-34-19-27(38(22-34)20-23-8-4-3-5-9-23)21-39(34)33(42)25-14-17-28-30(18-25)37(2)29(10-6-7-11-31(40)41)32(36-28)24-12-15-26(35)16-13-24/h3-5,8-9,12,14-15,17-18H,6-7,10-11,13,16,19-22H2,1-2H3/q+1/p+1. The molecule has 42 heavy (non-hydrogen) atoms. The Morgan fingerprint density at radius 2 is 1.90 bits per heavy atom. The van der Waals surface area contributed by atoms with Gasteiger partial charge in [-0.25, -0.2) is 9.56 Å². The fraction of sp³-hybridized carbons (Fsp3) is 0.382. The van der Waals surface area contributed by atoms with Gasteiger partial charge in [-0.2, -0.15) is 4.57 Å². The van der Waals surface area contributed by atoms with E-state index < -0.39 is 5.97 Å². The van der Waals surface area contributed by atoms with Crippen molar-refractivity contribution in [1.29, 1.82) is 0 Å². The van der Waals surface area contributed by atoms with E-state index in [0.717, 1.165) is 71.8 Å². The number of carboxylic acids is 1. The number of hydrogen-bond donors (Lipinski definition) is 1. The number of rotatable bonds is 9. The number of aromatic nitrogens is 2. The van der Waals surface area contributed by atoms with E-state index in [2.05, 4.69) is 40.3 Å². The highest BCUT2D eigenvalue weighted by Gasteiger charge is 2.54. The number of aryl methyl sites for hydroxylation is 1. The molecule has 216 valence electrons. The first-order valence-corrected chi connectivity index (χ1v) is 15.2. The predicted molar refractivity (Wildman–Crippen MR) is 164 cm³/mol. The second-order valence-corrected chi connectivity index (χ2v) is 12.5. The maximum Gasteiger partial charge on any atom is 0.303 e. The second-order valence-electron chi connectivity index (χ2n) is 12.0. The number of fused-ring (bicyclic) bond motifs is 3. The van der Waals surface area contributed by atoms with Gasteiger partial charge in [0.15, 0.2) is 18.8 Å². The third kappa shape index (κ3) is 5.50. The van der Waals surface area contributed by atoms with E-state index in [4.69, 9.17) is 21.7 Å². The molecule has 1 amide bonds. The van der Waals surface area contributed by atoms with Crippen molar-refractivity contribution in [3.05, 3.63) is 88.2 Å². The van der Waals surface area contributed by atoms with Gasteiger partial charge in [0.2, 0.25) is 11.2 Å². The molecule has 2 aliphatic heterocycles. The van der Waals surface area contributed by atoms with Gasteiger partial charge in [0, 0.05) is 35.1 Å². The van der Waals surface area contributed by atoms with Gasteiger partial charge in [0.25, 0.3) is 5.91 Å². The minimum atomic E-state index is -0.778. The number of benzene rings is 2. The lowest BCUT2D eigenvalue weighted by Crippen LogP contribution is -2.51. The molecule has 8 heteroatoms. The molecule has 3 aliphatic rings. The molecule has 2 aromatic carbocycles. The molecular weight excluding hydrogens is 548 g/mol. The fourth-order valence-electron chi connectivity index (χ4n) is 6.71. The Bertz CT molecular complexity index is 1680. The number of halogens is 1. The highest BCUT2D eigenvalue weighted by Crippen LogP contribution is 2.35. The number of amides is 1. The summed E-state index contributed by atoms with van der Waals surface area (Å²) in [6.45, 7) is 4.57. The van der Waals surface area contributed by atoms with Crippen LogP contribution in [0.1, 0.15) is 72.8 Å². The number of unbranched alkanes of at least 4 members (excludes halogenated alkanes) is 1. The van der Waals surface area contributed by atoms with Crippen LogP contribution in [-0.2, 0) is 24.8 Å². The third-order valence-corrected chi connectivity index (χ3v) is 9.28. The summed E-state index contributed by atoms with van der Waals surface area (Å²) in [5, 5.41) is 9.95. The van der Waals surface area contributed by atoms with Crippen LogP contribution in [0.15, 0.2) is 65.7 Å². The predicted octanol–water partition coefficient (Wildman–Crippen LogP) is 5.43. The average molecular weight is 585 g/mol. The summed E-state index contributed by atoms with van der Waals surface area (Å²) in [7, 11) is 2.02. The summed E-state index contributed by atoms with van der Waals surface area (Å²) in [5.41, 5.74) is 7.89. The van der Waals surface area contributed by atoms with Crippen LogP contribution in [0.4, 0.5) is 0 Å². The van der Waals surface area contributed by atoms with E-state index >= 15 is 0 Å². The summed E-state index contributed by atoms with van der Waals surface area (Å²) >= 11 is 6.24. The first-order chi connectivity index (χ1) is 20.2. The van der Waals surface area contributed by atoms with Crippen LogP contribution >= 0.6 is 11.6 Å². The fourth-order valence-corrected chi connectivity index (χ4v) is 6.87. The zero-order chi connectivity index (χ0) is 29.4. The first kappa shape index (κ1) is 28.3. The van der Waals surface area contributed by atoms with Crippen molar-refractivity contribution in [2.24, 2.45) is 7.05 Å². The largest absolute Gasteiger partial charge is 0.481 e. The molecule has 3 aromatic rings. The molecule has 7 nitrogen and oxygen atoms in total. The van der Waals surface area contributed by atoms with Gasteiger partial charge in [-0.15, -0.1) is 0 Å². The van der Waals surface area contributed by atoms with Crippen LogP contribution in [0, 0.1) is 0 Å². The number of allylic oxidation sites excluding steroid dienone is 4. The maximum absolute atomic E-state index is 13.9. The van der Waals surface area contributed by atoms with Crippen molar-refractivity contribution in [1.82, 2.24) is 9.88 Å². The summed E-state index contributed by atoms with van der Waals surface area (Å²) in [6.07, 6.45) is 8.67. The Labute approximate surface area is 251 Å². The highest BCUT2D eigenvalue weighted by molar-refractivity contribution is 6.29. The molecule has 0 spiro atoms. The Hall–Kier alpha value is -3.84. The zero-order valence-corrected chi connectivity index (χ0v) is 25.0. The SMILES string of the molecule is C[n+]1c(CCCCC(=O)O)c(C2=CC=C(Cl)CC2)nc2ccc(C(=O)N3CC4=[N+](Cc5ccccc5)CC3(C)C4)cc21. The van der Waals surface area contributed by atoms with Gasteiger partial charge in [-0.05, 0) is 56.4 Å². The topological polar surface area (TPSA) is 77.4 Å². The minimum Gasteiger partial charge on any atom is -0.481 e. The van der Waals surface area contributed by atoms with Crippen LogP contribution in [0.5, 0.6) is 0 Å². The molecule has 1 atom stereocenters. The number of likely N-dealkylation sites (tertiary alicyclic amines) is 1. The zero-order valence-electron chi connectivity index (χ0n) is 24.3. The summed E-state index contributed by atoms with van der Waals surface area (Å²) in [4.78, 5) is 32.2. The Morgan fingerprint density at radius 3 is 2.60 bits per heavy atom. The van der Waals surface area contributed by atoms with E-state index in [1.54, 1.807) is 0 Å². The number of carboxylic acid groups (broad SMARTS) is 1. The normalized spacial score (nSPS) is 19.8. The third-order valence-electron chi connectivity index (χ3n) is 8.97. The molecule has 0 saturated carbocycles. The van der Waals surface area contributed by atoms with Crippen LogP contribution in [-0.4, -0.2) is 55.8 Å². The number of carbonyl (C=O) groups excluding carboxylic acids is 1. The van der Waals surface area contributed by atoms with Crippen molar-refractivity contribution in [2.75, 3.05) is 13.1 Å². The molecule has 3 heterocycles. The van der Waals surface area contributed by atoms with E-state index in [0.29, 0.717) is 24.9 Å². The highest BCUT2D eigenvalue weighted by atomic mass is 35.5. The van der Waals surface area contributed by atoms with Crippen LogP contribution in [0.3, 0.4) is 0 Å². The van der Waals surface area contributed by atoms with Gasteiger partial charge in [-0.1, -0.05) is 48.0 Å². The lowest BCUT2D eigenvalue weighted by atomic mass is 9.97. The maximum atomic E-state index is 13.9. The van der Waals surface area contributed by atoms with Crippen molar-refractivity contribution in [3.63, 3.8) is 0 Å². The Balaban J connectivity index is 1.30. The minimum absolute atomic E-state index is 0.0515. The van der Waals surface area contributed by atoms with Crippen LogP contribution < -0.4 is 4.57 Å². The second kappa shape index (κ2) is 11.4. The number of nitrogens with zero attached hydrogens (tertiary/aromatic N) is 4. The number of aliphatic carboxylic acids is 1.